The van der Waals surface area contributed by atoms with Gasteiger partial charge in [0.1, 0.15) is 6.61 Å². The van der Waals surface area contributed by atoms with Crippen molar-refractivity contribution in [2.45, 2.75) is 95.6 Å². The molecule has 0 radical (unpaired) electrons. The molecule has 0 bridgehead atoms. The van der Waals surface area contributed by atoms with Crippen molar-refractivity contribution in [3.63, 3.8) is 0 Å². The number of aliphatic hydroxyl groups is 1. The Bertz CT molecular complexity index is 2150. The summed E-state index contributed by atoms with van der Waals surface area (Å²) in [6, 6.07) is 48.6. The average molecular weight is 916 g/mol. The SMILES string of the molecule is C[C@@H]1C(COCc2ccccc2)O[C@H](OCN(Cc2ccccc2)C(=O)OCc2ccccc2)C(O[C@H]2OC(COCc3ccccc3)[C@@H](O)[C@H](PBB=O)C2OCc2ccccc2)[C@H]1C. The van der Waals surface area contributed by atoms with Gasteiger partial charge in [-0.3, -0.25) is 0 Å². The van der Waals surface area contributed by atoms with E-state index in [9.17, 15) is 14.6 Å². The molecule has 1 N–H and O–H groups in total. The summed E-state index contributed by atoms with van der Waals surface area (Å²) in [7, 11) is 0.873. The van der Waals surface area contributed by atoms with Crippen molar-refractivity contribution in [3.05, 3.63) is 179 Å². The molecule has 5 aromatic rings. The Morgan fingerprint density at radius 3 is 1.65 bits per heavy atom. The Morgan fingerprint density at radius 2 is 1.11 bits per heavy atom. The Morgan fingerprint density at radius 1 is 0.621 bits per heavy atom. The van der Waals surface area contributed by atoms with Gasteiger partial charge in [0.05, 0.1) is 6.61 Å². The Kier molecular flexibility index (Phi) is 19.5. The van der Waals surface area contributed by atoms with Gasteiger partial charge in [-0.25, -0.2) is 4.79 Å². The van der Waals surface area contributed by atoms with Crippen LogP contribution in [0, 0.1) is 11.8 Å². The van der Waals surface area contributed by atoms with Crippen molar-refractivity contribution in [1.82, 2.24) is 4.90 Å². The summed E-state index contributed by atoms with van der Waals surface area (Å²) in [6.07, 6.45) is -6.40. The maximum absolute atomic E-state index is 13.9. The molecule has 2 heterocycles. The van der Waals surface area contributed by atoms with Crippen molar-refractivity contribution in [2.24, 2.45) is 11.8 Å². The third kappa shape index (κ3) is 14.5. The van der Waals surface area contributed by atoms with Crippen molar-refractivity contribution in [1.29, 1.82) is 0 Å². The van der Waals surface area contributed by atoms with Crippen LogP contribution >= 0.6 is 8.46 Å². The van der Waals surface area contributed by atoms with E-state index in [1.807, 2.05) is 152 Å². The zero-order valence-corrected chi connectivity index (χ0v) is 38.6. The van der Waals surface area contributed by atoms with Gasteiger partial charge in [-0.2, -0.15) is 0 Å². The second kappa shape index (κ2) is 26.1. The molecule has 346 valence electrons. The van der Waals surface area contributed by atoms with Gasteiger partial charge in [-0.15, -0.1) is 0 Å². The first-order chi connectivity index (χ1) is 32.4. The van der Waals surface area contributed by atoms with E-state index in [2.05, 4.69) is 13.8 Å². The van der Waals surface area contributed by atoms with Crippen LogP contribution in [0.1, 0.15) is 41.7 Å². The van der Waals surface area contributed by atoms with Gasteiger partial charge in [0.25, 0.3) is 0 Å². The van der Waals surface area contributed by atoms with Gasteiger partial charge in [0, 0.05) is 0 Å². The standard InChI is InChI=1S/C51H60B2NO11P/c1-36-37(2)46(65-50-47(60-31-41-24-14-6-15-25-41)48(66-53-52-57)45(55)44(64-50)34-59-30-40-22-12-5-13-23-40)49(63-43(36)33-58-29-39-20-10-4-11-21-39)62-35-54(28-38-18-8-3-9-19-38)51(56)61-32-42-26-16-7-17-27-42/h3-27,36-37,43-50,53,55,66H,28-35H2,1-2H3/t36-,37-,43?,44?,45+,46?,47?,48-,49-,50+/m0/s1. The number of carbonyl (C=O) groups excluding carboxylic acids is 1. The van der Waals surface area contributed by atoms with E-state index < -0.39 is 54.9 Å². The summed E-state index contributed by atoms with van der Waals surface area (Å²) >= 11 is 0. The van der Waals surface area contributed by atoms with E-state index >= 15 is 0 Å². The fourth-order valence-corrected chi connectivity index (χ4v) is 9.46. The van der Waals surface area contributed by atoms with Crippen LogP contribution < -0.4 is 0 Å². The van der Waals surface area contributed by atoms with Gasteiger partial charge in [-0.1, -0.05) is 91.0 Å². The molecule has 5 aromatic carbocycles. The summed E-state index contributed by atoms with van der Waals surface area (Å²) in [5.74, 6) is -0.284. The molecular formula is C51H60B2NO11P. The monoisotopic (exact) mass is 915 g/mol. The van der Waals surface area contributed by atoms with Gasteiger partial charge in [0.2, 0.25) is 0 Å². The molecule has 2 fully saturated rings. The van der Waals surface area contributed by atoms with Crippen LogP contribution in [0.25, 0.3) is 0 Å². The van der Waals surface area contributed by atoms with E-state index in [1.165, 1.54) is 4.90 Å². The molecule has 12 nitrogen and oxygen atoms in total. The van der Waals surface area contributed by atoms with E-state index in [0.29, 0.717) is 13.2 Å². The van der Waals surface area contributed by atoms with Crippen molar-refractivity contribution >= 4 is 28.5 Å². The number of nitrogens with zero attached hydrogens (tertiary/aromatic N) is 1. The van der Waals surface area contributed by atoms with Crippen LogP contribution in [0.4, 0.5) is 4.79 Å². The molecule has 1 amide bonds. The number of hydrogen-bond donors (Lipinski definition) is 1. The van der Waals surface area contributed by atoms with Crippen LogP contribution in [0.2, 0.25) is 0 Å². The number of amides is 1. The van der Waals surface area contributed by atoms with E-state index in [0.717, 1.165) is 34.9 Å². The zero-order chi connectivity index (χ0) is 45.9. The molecule has 0 aromatic heterocycles. The molecule has 5 unspecified atom stereocenters. The van der Waals surface area contributed by atoms with Crippen LogP contribution in [-0.4, -0.2) is 98.7 Å². The molecular weight excluding hydrogens is 855 g/mol. The van der Waals surface area contributed by atoms with Crippen molar-refractivity contribution < 1.29 is 52.5 Å². The zero-order valence-electron chi connectivity index (χ0n) is 37.6. The van der Waals surface area contributed by atoms with Crippen LogP contribution in [0.5, 0.6) is 0 Å². The quantitative estimate of drug-likeness (QED) is 0.0394. The second-order valence-corrected chi connectivity index (χ2v) is 18.3. The molecule has 0 spiro atoms. The number of aliphatic hydroxyl groups excluding tert-OH is 1. The Balaban J connectivity index is 1.15. The summed E-state index contributed by atoms with van der Waals surface area (Å²) in [5, 5.41) is 12.0. The van der Waals surface area contributed by atoms with Crippen molar-refractivity contribution in [3.8, 4) is 0 Å². The summed E-state index contributed by atoms with van der Waals surface area (Å²) < 4.78 is 64.1. The molecule has 7 rings (SSSR count). The molecule has 2 aliphatic rings. The minimum absolute atomic E-state index is 0.0113. The second-order valence-electron chi connectivity index (χ2n) is 16.8. The van der Waals surface area contributed by atoms with E-state index in [1.54, 1.807) is 0 Å². The normalized spacial score (nSPS) is 25.3. The predicted molar refractivity (Wildman–Crippen MR) is 254 cm³/mol. The number of hydrogen-bond acceptors (Lipinski definition) is 11. The molecule has 15 heteroatoms. The molecule has 0 saturated carbocycles. The van der Waals surface area contributed by atoms with Crippen molar-refractivity contribution in [2.75, 3.05) is 19.9 Å². The predicted octanol–water partition coefficient (Wildman–Crippen LogP) is 7.65. The number of benzene rings is 5. The molecule has 2 saturated heterocycles. The van der Waals surface area contributed by atoms with Gasteiger partial charge in [-0.05, 0) is 16.7 Å². The Labute approximate surface area is 391 Å². The molecule has 11 atom stereocenters. The number of rotatable bonds is 23. The van der Waals surface area contributed by atoms with E-state index in [-0.39, 0.29) is 66.9 Å². The molecule has 66 heavy (non-hydrogen) atoms. The first-order valence-corrected chi connectivity index (χ1v) is 24.0. The summed E-state index contributed by atoms with van der Waals surface area (Å²) in [6.45, 7) is 5.80. The van der Waals surface area contributed by atoms with Crippen LogP contribution in [-0.2, 0) is 75.6 Å². The van der Waals surface area contributed by atoms with Crippen LogP contribution in [0.3, 0.4) is 0 Å². The van der Waals surface area contributed by atoms with Gasteiger partial charge >= 0.3 is 262 Å². The topological polar surface area (TPSA) is 131 Å². The fourth-order valence-electron chi connectivity index (χ4n) is 8.14. The minimum atomic E-state index is -1.04. The maximum atomic E-state index is 13.9. The van der Waals surface area contributed by atoms with Gasteiger partial charge in [0.15, 0.2) is 0 Å². The third-order valence-electron chi connectivity index (χ3n) is 12.1. The fraction of sp³-hybridized carbons (Fsp3) is 0.392. The number of ether oxygens (including phenoxy) is 8. The summed E-state index contributed by atoms with van der Waals surface area (Å²) in [5.41, 5.74) is 4.16. The third-order valence-corrected chi connectivity index (χ3v) is 13.6. The first kappa shape index (κ1) is 49.3. The summed E-state index contributed by atoms with van der Waals surface area (Å²) in [4.78, 5) is 15.4. The molecule has 2 aliphatic heterocycles. The Hall–Kier alpha value is -4.59. The molecule has 0 aliphatic carbocycles. The van der Waals surface area contributed by atoms with E-state index in [4.69, 9.17) is 37.9 Å². The first-order valence-electron chi connectivity index (χ1n) is 22.7. The van der Waals surface area contributed by atoms with Gasteiger partial charge < -0.3 is 4.74 Å². The average Bonchev–Trinajstić information content (AvgIpc) is 3.36. The number of carbonyl (C=O) groups is 1. The van der Waals surface area contributed by atoms with Crippen LogP contribution in [0.15, 0.2) is 152 Å².